The highest BCUT2D eigenvalue weighted by Gasteiger charge is 2.24. The lowest BCUT2D eigenvalue weighted by Crippen LogP contribution is -2.32. The van der Waals surface area contributed by atoms with Gasteiger partial charge in [0, 0.05) is 24.0 Å². The van der Waals surface area contributed by atoms with Crippen LogP contribution in [-0.4, -0.2) is 41.2 Å². The minimum Gasteiger partial charge on any atom is -0.396 e. The smallest absolute Gasteiger partial charge is 0.228 e. The number of hydrogen-bond donors (Lipinski definition) is 1. The summed E-state index contributed by atoms with van der Waals surface area (Å²) in [5.41, 5.74) is 5.68. The van der Waals surface area contributed by atoms with Crippen LogP contribution in [0.5, 0.6) is 0 Å². The maximum absolute atomic E-state index is 13.8. The minimum absolute atomic E-state index is 0.0673. The highest BCUT2D eigenvalue weighted by molar-refractivity contribution is 6.11. The number of amides is 1. The number of carbonyl (C=O) groups is 1. The number of aromatic nitrogens is 1. The number of nitrogens with zero attached hydrogens (tertiary/aromatic N) is 3. The summed E-state index contributed by atoms with van der Waals surface area (Å²) in [6.45, 7) is 4.88. The van der Waals surface area contributed by atoms with Gasteiger partial charge in [-0.15, -0.1) is 0 Å². The summed E-state index contributed by atoms with van der Waals surface area (Å²) in [6.07, 6.45) is 4.38. The van der Waals surface area contributed by atoms with E-state index in [0.717, 1.165) is 61.4 Å². The molecule has 3 aromatic rings. The van der Waals surface area contributed by atoms with E-state index in [9.17, 15) is 13.6 Å². The second kappa shape index (κ2) is 10.5. The second-order valence-corrected chi connectivity index (χ2v) is 9.23. The predicted octanol–water partition coefficient (Wildman–Crippen LogP) is 5.02. The van der Waals surface area contributed by atoms with Crippen molar-refractivity contribution in [1.29, 1.82) is 0 Å². The number of oxime groups is 1. The van der Waals surface area contributed by atoms with Gasteiger partial charge in [-0.2, -0.15) is 0 Å². The number of fused-ring (bicyclic) bond motifs is 1. The van der Waals surface area contributed by atoms with Crippen LogP contribution in [0.4, 0.5) is 14.5 Å². The highest BCUT2D eigenvalue weighted by Crippen LogP contribution is 2.33. The Kier molecular flexibility index (Phi) is 7.04. The third kappa shape index (κ3) is 5.28. The molecule has 6 nitrogen and oxygen atoms in total. The van der Waals surface area contributed by atoms with E-state index in [4.69, 9.17) is 4.84 Å². The van der Waals surface area contributed by atoms with Crippen LogP contribution in [0.25, 0.3) is 0 Å². The third-order valence-corrected chi connectivity index (χ3v) is 6.77. The third-order valence-electron chi connectivity index (χ3n) is 6.77. The number of benzene rings is 2. The number of anilines is 1. The summed E-state index contributed by atoms with van der Waals surface area (Å²) >= 11 is 0. The molecule has 0 aliphatic carbocycles. The number of pyridine rings is 1. The zero-order valence-electron chi connectivity index (χ0n) is 20.1. The molecule has 2 aliphatic rings. The molecule has 0 spiro atoms. The molecule has 36 heavy (non-hydrogen) atoms. The summed E-state index contributed by atoms with van der Waals surface area (Å²) in [5.74, 6) is -1.30. The molecule has 0 radical (unpaired) electrons. The predicted molar refractivity (Wildman–Crippen MR) is 134 cm³/mol. The highest BCUT2D eigenvalue weighted by atomic mass is 19.2. The zero-order chi connectivity index (χ0) is 25.1. The van der Waals surface area contributed by atoms with Gasteiger partial charge in [0.2, 0.25) is 5.91 Å². The molecule has 1 N–H and O–H groups in total. The van der Waals surface area contributed by atoms with Gasteiger partial charge >= 0.3 is 0 Å². The van der Waals surface area contributed by atoms with Crippen molar-refractivity contribution in [2.45, 2.75) is 38.6 Å². The fraction of sp³-hybridized carbons (Fsp3) is 0.321. The summed E-state index contributed by atoms with van der Waals surface area (Å²) < 4.78 is 27.2. The fourth-order valence-electron chi connectivity index (χ4n) is 4.85. The molecule has 3 heterocycles. The van der Waals surface area contributed by atoms with Gasteiger partial charge in [-0.25, -0.2) is 8.78 Å². The van der Waals surface area contributed by atoms with E-state index in [1.807, 2.05) is 12.1 Å². The van der Waals surface area contributed by atoms with Gasteiger partial charge in [0.15, 0.2) is 11.6 Å². The second-order valence-electron chi connectivity index (χ2n) is 9.23. The van der Waals surface area contributed by atoms with Crippen LogP contribution in [0, 0.1) is 11.6 Å². The average Bonchev–Trinajstić information content (AvgIpc) is 3.27. The van der Waals surface area contributed by atoms with Crippen molar-refractivity contribution in [2.24, 2.45) is 5.16 Å². The first-order valence-corrected chi connectivity index (χ1v) is 12.3. The Balaban J connectivity index is 1.22. The fourth-order valence-corrected chi connectivity index (χ4v) is 4.85. The molecule has 186 valence electrons. The average molecular weight is 491 g/mol. The summed E-state index contributed by atoms with van der Waals surface area (Å²) in [7, 11) is 0. The number of nitrogens with one attached hydrogen (secondary N) is 1. The SMILES string of the molecule is CCO/N=C(\c1ccc(F)c(F)c1)c1ccc(CN2CCC(c3ccc4c(c3)NC(=O)C4)CC2)cn1. The van der Waals surface area contributed by atoms with Crippen molar-refractivity contribution in [3.05, 3.63) is 94.3 Å². The lowest BCUT2D eigenvalue weighted by molar-refractivity contribution is -0.115. The van der Waals surface area contributed by atoms with Crippen LogP contribution in [0.15, 0.2) is 59.9 Å². The quantitative estimate of drug-likeness (QED) is 0.373. The van der Waals surface area contributed by atoms with E-state index >= 15 is 0 Å². The lowest BCUT2D eigenvalue weighted by atomic mass is 9.88. The molecule has 2 aromatic carbocycles. The monoisotopic (exact) mass is 490 g/mol. The Morgan fingerprint density at radius 3 is 2.67 bits per heavy atom. The number of carbonyl (C=O) groups excluding carboxylic acids is 1. The molecule has 0 unspecified atom stereocenters. The van der Waals surface area contributed by atoms with Crippen LogP contribution < -0.4 is 5.32 Å². The van der Waals surface area contributed by atoms with Gasteiger partial charge in [-0.1, -0.05) is 23.4 Å². The van der Waals surface area contributed by atoms with Crippen LogP contribution in [0.1, 0.15) is 53.6 Å². The Labute approximate surface area is 209 Å². The van der Waals surface area contributed by atoms with Gasteiger partial charge in [-0.05, 0) is 85.8 Å². The van der Waals surface area contributed by atoms with Gasteiger partial charge in [0.05, 0.1) is 12.1 Å². The molecule has 0 atom stereocenters. The van der Waals surface area contributed by atoms with E-state index in [0.29, 0.717) is 35.9 Å². The Morgan fingerprint density at radius 1 is 1.11 bits per heavy atom. The Morgan fingerprint density at radius 2 is 1.94 bits per heavy atom. The first kappa shape index (κ1) is 24.1. The van der Waals surface area contributed by atoms with Crippen molar-refractivity contribution in [1.82, 2.24) is 9.88 Å². The maximum Gasteiger partial charge on any atom is 0.228 e. The summed E-state index contributed by atoms with van der Waals surface area (Å²) in [6, 6.07) is 13.8. The Hall–Kier alpha value is -3.65. The maximum atomic E-state index is 13.8. The number of piperidine rings is 1. The molecule has 0 bridgehead atoms. The van der Waals surface area contributed by atoms with Gasteiger partial charge in [0.1, 0.15) is 12.3 Å². The molecular formula is C28H28F2N4O2. The van der Waals surface area contributed by atoms with Crippen molar-refractivity contribution >= 4 is 17.3 Å². The molecule has 1 amide bonds. The number of likely N-dealkylation sites (tertiary alicyclic amines) is 1. The number of rotatable bonds is 7. The van der Waals surface area contributed by atoms with E-state index < -0.39 is 11.6 Å². The first-order chi connectivity index (χ1) is 17.5. The topological polar surface area (TPSA) is 66.8 Å². The molecule has 2 aliphatic heterocycles. The lowest BCUT2D eigenvalue weighted by Gasteiger charge is -2.32. The van der Waals surface area contributed by atoms with Crippen LogP contribution in [-0.2, 0) is 22.6 Å². The van der Waals surface area contributed by atoms with E-state index in [1.54, 1.807) is 13.1 Å². The van der Waals surface area contributed by atoms with Crippen molar-refractivity contribution < 1.29 is 18.4 Å². The minimum atomic E-state index is -0.943. The molecule has 5 rings (SSSR count). The molecular weight excluding hydrogens is 462 g/mol. The van der Waals surface area contributed by atoms with Gasteiger partial charge < -0.3 is 10.2 Å². The molecule has 8 heteroatoms. The summed E-state index contributed by atoms with van der Waals surface area (Å²) in [5, 5.41) is 7.04. The molecule has 0 saturated carbocycles. The summed E-state index contributed by atoms with van der Waals surface area (Å²) in [4.78, 5) is 23.8. The largest absolute Gasteiger partial charge is 0.396 e. The Bertz CT molecular complexity index is 1290. The molecule has 1 fully saturated rings. The van der Waals surface area contributed by atoms with E-state index in [1.165, 1.54) is 11.6 Å². The van der Waals surface area contributed by atoms with Crippen LogP contribution in [0.3, 0.4) is 0 Å². The van der Waals surface area contributed by atoms with Crippen molar-refractivity contribution in [3.8, 4) is 0 Å². The van der Waals surface area contributed by atoms with Crippen LogP contribution >= 0.6 is 0 Å². The van der Waals surface area contributed by atoms with Gasteiger partial charge in [0.25, 0.3) is 0 Å². The van der Waals surface area contributed by atoms with Crippen molar-refractivity contribution in [2.75, 3.05) is 25.0 Å². The number of hydrogen-bond acceptors (Lipinski definition) is 5. The molecule has 1 saturated heterocycles. The van der Waals surface area contributed by atoms with E-state index in [-0.39, 0.29) is 5.91 Å². The normalized spacial score (nSPS) is 16.6. The first-order valence-electron chi connectivity index (χ1n) is 12.3. The van der Waals surface area contributed by atoms with Crippen LogP contribution in [0.2, 0.25) is 0 Å². The van der Waals surface area contributed by atoms with Crippen molar-refractivity contribution in [3.63, 3.8) is 0 Å². The van der Waals surface area contributed by atoms with E-state index in [2.05, 4.69) is 38.6 Å². The number of halogens is 2. The zero-order valence-corrected chi connectivity index (χ0v) is 20.1. The molecule has 1 aromatic heterocycles. The standard InChI is InChI=1S/C28H28F2N4O2/c1-2-36-33-28(22-6-7-23(29)24(30)13-22)25-8-3-18(16-31-25)17-34-11-9-19(10-12-34)20-4-5-21-15-27(35)32-26(21)14-20/h3-8,13-14,16,19H,2,9-12,15,17H2,1H3,(H,32,35)/b33-28+. The van der Waals surface area contributed by atoms with Gasteiger partial charge in [-0.3, -0.25) is 14.7 Å².